The molecule has 2 rings (SSSR count). The Kier molecular flexibility index (Phi) is 4.44. The molecule has 0 saturated carbocycles. The van der Waals surface area contributed by atoms with Crippen LogP contribution in [-0.2, 0) is 0 Å². The SMILES string of the molecule is Cc1ccc(C#CC(=Nc2ccccc2)C(F)(F)F)cc1. The summed E-state index contributed by atoms with van der Waals surface area (Å²) in [5.74, 6) is 4.62. The van der Waals surface area contributed by atoms with E-state index in [0.29, 0.717) is 5.56 Å². The minimum Gasteiger partial charge on any atom is -0.235 e. The van der Waals surface area contributed by atoms with Gasteiger partial charge >= 0.3 is 6.18 Å². The van der Waals surface area contributed by atoms with Crippen molar-refractivity contribution in [2.24, 2.45) is 4.99 Å². The van der Waals surface area contributed by atoms with Crippen LogP contribution in [0.3, 0.4) is 0 Å². The molecular weight excluding hydrogens is 275 g/mol. The van der Waals surface area contributed by atoms with Gasteiger partial charge in [-0.2, -0.15) is 13.2 Å². The number of rotatable bonds is 1. The first kappa shape index (κ1) is 14.9. The van der Waals surface area contributed by atoms with Gasteiger partial charge in [0.15, 0.2) is 5.71 Å². The molecule has 0 atom stereocenters. The zero-order valence-corrected chi connectivity index (χ0v) is 11.3. The molecule has 4 heteroatoms. The average molecular weight is 287 g/mol. The van der Waals surface area contributed by atoms with Crippen LogP contribution in [-0.4, -0.2) is 11.9 Å². The molecule has 0 aliphatic heterocycles. The van der Waals surface area contributed by atoms with Crippen LogP contribution >= 0.6 is 0 Å². The molecular formula is C17H12F3N. The lowest BCUT2D eigenvalue weighted by atomic mass is 10.1. The molecule has 0 bridgehead atoms. The van der Waals surface area contributed by atoms with Crippen LogP contribution in [0.15, 0.2) is 59.6 Å². The van der Waals surface area contributed by atoms with Crippen molar-refractivity contribution in [3.05, 3.63) is 65.7 Å². The van der Waals surface area contributed by atoms with Crippen molar-refractivity contribution in [3.8, 4) is 11.8 Å². The van der Waals surface area contributed by atoms with E-state index in [1.807, 2.05) is 6.92 Å². The fourth-order valence-electron chi connectivity index (χ4n) is 1.56. The Balaban J connectivity index is 2.35. The highest BCUT2D eigenvalue weighted by atomic mass is 19.4. The summed E-state index contributed by atoms with van der Waals surface area (Å²) in [5, 5.41) is 0. The number of aliphatic imine (C=N–C) groups is 1. The van der Waals surface area contributed by atoms with Crippen molar-refractivity contribution in [2.45, 2.75) is 13.1 Å². The summed E-state index contributed by atoms with van der Waals surface area (Å²) in [6, 6.07) is 14.9. The molecule has 0 aliphatic rings. The van der Waals surface area contributed by atoms with Crippen LogP contribution in [0.5, 0.6) is 0 Å². The standard InChI is InChI=1S/C17H12F3N/c1-13-7-9-14(10-8-13)11-12-16(17(18,19)20)21-15-5-3-2-4-6-15/h2-10H,1H3. The van der Waals surface area contributed by atoms with E-state index in [9.17, 15) is 13.2 Å². The molecule has 0 amide bonds. The predicted molar refractivity (Wildman–Crippen MR) is 77.6 cm³/mol. The lowest BCUT2D eigenvalue weighted by Crippen LogP contribution is -2.21. The Labute approximate surface area is 121 Å². The fraction of sp³-hybridized carbons (Fsp3) is 0.118. The summed E-state index contributed by atoms with van der Waals surface area (Å²) in [7, 11) is 0. The summed E-state index contributed by atoms with van der Waals surface area (Å²) in [5.41, 5.74) is 0.664. The number of benzene rings is 2. The topological polar surface area (TPSA) is 12.4 Å². The monoisotopic (exact) mass is 287 g/mol. The number of alkyl halides is 3. The predicted octanol–water partition coefficient (Wildman–Crippen LogP) is 4.68. The average Bonchev–Trinajstić information content (AvgIpc) is 2.45. The van der Waals surface area contributed by atoms with Gasteiger partial charge in [-0.05, 0) is 37.1 Å². The van der Waals surface area contributed by atoms with Gasteiger partial charge < -0.3 is 0 Å². The van der Waals surface area contributed by atoms with Crippen LogP contribution in [0.2, 0.25) is 0 Å². The van der Waals surface area contributed by atoms with Crippen molar-refractivity contribution in [2.75, 3.05) is 0 Å². The first-order valence-electron chi connectivity index (χ1n) is 6.25. The van der Waals surface area contributed by atoms with Crippen molar-refractivity contribution >= 4 is 11.4 Å². The molecule has 0 aromatic heterocycles. The first-order chi connectivity index (χ1) is 9.95. The van der Waals surface area contributed by atoms with Gasteiger partial charge in [-0.3, -0.25) is 0 Å². The van der Waals surface area contributed by atoms with Crippen LogP contribution in [0, 0.1) is 18.8 Å². The van der Waals surface area contributed by atoms with Gasteiger partial charge in [0.1, 0.15) is 0 Å². The molecule has 2 aromatic rings. The number of halogens is 3. The minimum atomic E-state index is -4.58. The minimum absolute atomic E-state index is 0.225. The molecule has 0 unspecified atom stereocenters. The first-order valence-corrected chi connectivity index (χ1v) is 6.25. The molecule has 0 aliphatic carbocycles. The number of nitrogens with zero attached hydrogens (tertiary/aromatic N) is 1. The van der Waals surface area contributed by atoms with E-state index in [1.54, 1.807) is 42.5 Å². The third-order valence-corrected chi connectivity index (χ3v) is 2.64. The van der Waals surface area contributed by atoms with Gasteiger partial charge in [0.25, 0.3) is 0 Å². The van der Waals surface area contributed by atoms with E-state index in [-0.39, 0.29) is 5.69 Å². The van der Waals surface area contributed by atoms with Gasteiger partial charge in [0.05, 0.1) is 5.69 Å². The molecule has 106 valence electrons. The summed E-state index contributed by atoms with van der Waals surface area (Å²) in [6.07, 6.45) is -4.58. The number of aryl methyl sites for hydroxylation is 1. The van der Waals surface area contributed by atoms with Crippen LogP contribution in [0.1, 0.15) is 11.1 Å². The maximum absolute atomic E-state index is 12.9. The normalized spacial score (nSPS) is 11.7. The van der Waals surface area contributed by atoms with Crippen molar-refractivity contribution in [3.63, 3.8) is 0 Å². The quantitative estimate of drug-likeness (QED) is 0.533. The lowest BCUT2D eigenvalue weighted by molar-refractivity contribution is -0.0571. The van der Waals surface area contributed by atoms with Crippen molar-refractivity contribution in [1.29, 1.82) is 0 Å². The van der Waals surface area contributed by atoms with Crippen molar-refractivity contribution in [1.82, 2.24) is 0 Å². The molecule has 1 nitrogen and oxygen atoms in total. The van der Waals surface area contributed by atoms with E-state index in [0.717, 1.165) is 5.56 Å². The largest absolute Gasteiger partial charge is 0.441 e. The summed E-state index contributed by atoms with van der Waals surface area (Å²) in [6.45, 7) is 1.90. The fourth-order valence-corrected chi connectivity index (χ4v) is 1.56. The van der Waals surface area contributed by atoms with E-state index >= 15 is 0 Å². The van der Waals surface area contributed by atoms with Gasteiger partial charge in [-0.1, -0.05) is 41.8 Å². The molecule has 0 fully saturated rings. The molecule has 0 radical (unpaired) electrons. The molecule has 21 heavy (non-hydrogen) atoms. The maximum atomic E-state index is 12.9. The third-order valence-electron chi connectivity index (χ3n) is 2.64. The van der Waals surface area contributed by atoms with E-state index in [2.05, 4.69) is 16.8 Å². The van der Waals surface area contributed by atoms with Crippen LogP contribution < -0.4 is 0 Å². The highest BCUT2D eigenvalue weighted by Crippen LogP contribution is 2.21. The highest BCUT2D eigenvalue weighted by Gasteiger charge is 2.34. The Morgan fingerprint density at radius 3 is 2.14 bits per heavy atom. The van der Waals surface area contributed by atoms with Crippen molar-refractivity contribution < 1.29 is 13.2 Å². The Morgan fingerprint density at radius 1 is 0.952 bits per heavy atom. The summed E-state index contributed by atoms with van der Waals surface area (Å²) >= 11 is 0. The van der Waals surface area contributed by atoms with E-state index in [1.165, 1.54) is 12.1 Å². The highest BCUT2D eigenvalue weighted by molar-refractivity contribution is 6.06. The Morgan fingerprint density at radius 2 is 1.57 bits per heavy atom. The number of para-hydroxylation sites is 1. The molecule has 0 saturated heterocycles. The van der Waals surface area contributed by atoms with Gasteiger partial charge in [-0.15, -0.1) is 0 Å². The summed E-state index contributed by atoms with van der Waals surface area (Å²) in [4.78, 5) is 3.58. The van der Waals surface area contributed by atoms with Gasteiger partial charge in [-0.25, -0.2) is 4.99 Å². The molecule has 0 spiro atoms. The zero-order chi connectivity index (χ0) is 15.3. The second kappa shape index (κ2) is 6.27. The van der Waals surface area contributed by atoms with Gasteiger partial charge in [0, 0.05) is 5.56 Å². The Bertz CT molecular complexity index is 687. The number of hydrogen-bond donors (Lipinski definition) is 0. The smallest absolute Gasteiger partial charge is 0.235 e. The molecule has 0 N–H and O–H groups in total. The molecule has 2 aromatic carbocycles. The summed E-state index contributed by atoms with van der Waals surface area (Å²) < 4.78 is 38.8. The molecule has 0 heterocycles. The third kappa shape index (κ3) is 4.50. The maximum Gasteiger partial charge on any atom is 0.441 e. The number of hydrogen-bond acceptors (Lipinski definition) is 1. The second-order valence-electron chi connectivity index (χ2n) is 4.41. The van der Waals surface area contributed by atoms with E-state index in [4.69, 9.17) is 0 Å². The second-order valence-corrected chi connectivity index (χ2v) is 4.41. The zero-order valence-electron chi connectivity index (χ0n) is 11.3. The van der Waals surface area contributed by atoms with Crippen LogP contribution in [0.4, 0.5) is 18.9 Å². The lowest BCUT2D eigenvalue weighted by Gasteiger charge is -2.04. The van der Waals surface area contributed by atoms with E-state index < -0.39 is 11.9 Å². The Hall–Kier alpha value is -2.54. The van der Waals surface area contributed by atoms with Gasteiger partial charge in [0.2, 0.25) is 0 Å². The van der Waals surface area contributed by atoms with Crippen LogP contribution in [0.25, 0.3) is 0 Å².